The molecule has 0 saturated carbocycles. The average molecular weight is 152 g/mol. The van der Waals surface area contributed by atoms with Gasteiger partial charge in [0.05, 0.1) is 0 Å². The summed E-state index contributed by atoms with van der Waals surface area (Å²) >= 11 is 0. The van der Waals surface area contributed by atoms with E-state index in [0.29, 0.717) is 0 Å². The van der Waals surface area contributed by atoms with Crippen LogP contribution in [0.1, 0.15) is 40.0 Å². The van der Waals surface area contributed by atoms with E-state index in [4.69, 9.17) is 0 Å². The Morgan fingerprint density at radius 2 is 2.09 bits per heavy atom. The van der Waals surface area contributed by atoms with Crippen LogP contribution in [0.25, 0.3) is 0 Å². The van der Waals surface area contributed by atoms with Gasteiger partial charge in [-0.1, -0.05) is 44.6 Å². The van der Waals surface area contributed by atoms with Gasteiger partial charge in [-0.3, -0.25) is 0 Å². The van der Waals surface area contributed by atoms with Gasteiger partial charge in [0.15, 0.2) is 0 Å². The summed E-state index contributed by atoms with van der Waals surface area (Å²) < 4.78 is 0. The summed E-state index contributed by atoms with van der Waals surface area (Å²) in [4.78, 5) is 0. The van der Waals surface area contributed by atoms with Gasteiger partial charge in [0, 0.05) is 0 Å². The zero-order chi connectivity index (χ0) is 8.69. The molecule has 0 aromatic rings. The monoisotopic (exact) mass is 152 g/mol. The molecule has 0 bridgehead atoms. The largest absolute Gasteiger partial charge is 0.0961 e. The lowest BCUT2D eigenvalue weighted by molar-refractivity contribution is 0.560. The molecular weight excluding hydrogens is 132 g/mol. The molecule has 11 heavy (non-hydrogen) atoms. The van der Waals surface area contributed by atoms with Crippen molar-refractivity contribution in [1.82, 2.24) is 0 Å². The van der Waals surface area contributed by atoms with Gasteiger partial charge in [0.25, 0.3) is 0 Å². The van der Waals surface area contributed by atoms with Gasteiger partial charge in [-0.25, -0.2) is 0 Å². The first-order chi connectivity index (χ1) is 5.13. The molecule has 0 amide bonds. The molecule has 0 spiro atoms. The minimum absolute atomic E-state index is 0.841. The lowest BCUT2D eigenvalue weighted by atomic mass is 10.1. The standard InChI is InChI=1S/C11H20/c1-10(2)8-6-5-7-9-11(3)4/h6,8,11H,1,5,7,9H2,2-4H3. The molecule has 0 aliphatic carbocycles. The summed E-state index contributed by atoms with van der Waals surface area (Å²) in [6.45, 7) is 10.4. The predicted octanol–water partition coefficient (Wildman–Crippen LogP) is 3.95. The van der Waals surface area contributed by atoms with E-state index in [1.807, 2.05) is 6.92 Å². The molecule has 64 valence electrons. The van der Waals surface area contributed by atoms with Gasteiger partial charge in [-0.05, 0) is 25.7 Å². The zero-order valence-electron chi connectivity index (χ0n) is 8.06. The maximum absolute atomic E-state index is 3.80. The van der Waals surface area contributed by atoms with Crippen molar-refractivity contribution in [2.75, 3.05) is 0 Å². The van der Waals surface area contributed by atoms with Crippen LogP contribution < -0.4 is 0 Å². The van der Waals surface area contributed by atoms with Crippen molar-refractivity contribution in [2.45, 2.75) is 40.0 Å². The Balaban J connectivity index is 3.21. The molecule has 0 aliphatic rings. The van der Waals surface area contributed by atoms with Crippen LogP contribution in [-0.4, -0.2) is 0 Å². The maximum Gasteiger partial charge on any atom is -0.0347 e. The third kappa shape index (κ3) is 9.48. The Kier molecular flexibility index (Phi) is 5.91. The smallest absolute Gasteiger partial charge is 0.0347 e. The summed E-state index contributed by atoms with van der Waals surface area (Å²) in [7, 11) is 0. The normalized spacial score (nSPS) is 11.3. The highest BCUT2D eigenvalue weighted by Gasteiger charge is 1.90. The van der Waals surface area contributed by atoms with E-state index < -0.39 is 0 Å². The molecule has 0 heteroatoms. The highest BCUT2D eigenvalue weighted by Crippen LogP contribution is 2.06. The lowest BCUT2D eigenvalue weighted by Gasteiger charge is -2.00. The predicted molar refractivity (Wildman–Crippen MR) is 52.6 cm³/mol. The number of hydrogen-bond acceptors (Lipinski definition) is 0. The Morgan fingerprint density at radius 3 is 2.55 bits per heavy atom. The van der Waals surface area contributed by atoms with Crippen LogP contribution in [-0.2, 0) is 0 Å². The number of allylic oxidation sites excluding steroid dienone is 3. The Hall–Kier alpha value is -0.520. The van der Waals surface area contributed by atoms with Crippen molar-refractivity contribution in [3.63, 3.8) is 0 Å². The highest BCUT2D eigenvalue weighted by molar-refractivity contribution is 5.10. The van der Waals surface area contributed by atoms with E-state index in [0.717, 1.165) is 11.5 Å². The third-order valence-corrected chi connectivity index (χ3v) is 1.55. The van der Waals surface area contributed by atoms with E-state index >= 15 is 0 Å². The first-order valence-electron chi connectivity index (χ1n) is 4.45. The molecule has 0 atom stereocenters. The molecule has 0 fully saturated rings. The van der Waals surface area contributed by atoms with Crippen molar-refractivity contribution in [1.29, 1.82) is 0 Å². The Morgan fingerprint density at radius 1 is 1.45 bits per heavy atom. The maximum atomic E-state index is 3.80. The average Bonchev–Trinajstić information content (AvgIpc) is 1.85. The van der Waals surface area contributed by atoms with E-state index in [1.165, 1.54) is 19.3 Å². The molecule has 0 heterocycles. The molecule has 0 aromatic carbocycles. The Bertz CT molecular complexity index is 129. The van der Waals surface area contributed by atoms with Crippen molar-refractivity contribution in [2.24, 2.45) is 5.92 Å². The summed E-state index contributed by atoms with van der Waals surface area (Å²) in [5.74, 6) is 0.841. The molecule has 0 radical (unpaired) electrons. The summed E-state index contributed by atoms with van der Waals surface area (Å²) in [6, 6.07) is 0. The summed E-state index contributed by atoms with van der Waals surface area (Å²) in [5, 5.41) is 0. The van der Waals surface area contributed by atoms with E-state index in [1.54, 1.807) is 0 Å². The number of unbranched alkanes of at least 4 members (excludes halogenated alkanes) is 1. The van der Waals surface area contributed by atoms with Gasteiger partial charge >= 0.3 is 0 Å². The van der Waals surface area contributed by atoms with Crippen LogP contribution in [0.2, 0.25) is 0 Å². The lowest BCUT2D eigenvalue weighted by Crippen LogP contribution is -1.84. The van der Waals surface area contributed by atoms with E-state index in [2.05, 4.69) is 32.6 Å². The van der Waals surface area contributed by atoms with Crippen LogP contribution in [0.4, 0.5) is 0 Å². The molecule has 0 saturated heterocycles. The van der Waals surface area contributed by atoms with Gasteiger partial charge < -0.3 is 0 Å². The minimum Gasteiger partial charge on any atom is -0.0961 e. The topological polar surface area (TPSA) is 0 Å². The fraction of sp³-hybridized carbons (Fsp3) is 0.636. The highest BCUT2D eigenvalue weighted by atomic mass is 14.0. The van der Waals surface area contributed by atoms with Crippen molar-refractivity contribution >= 4 is 0 Å². The number of hydrogen-bond donors (Lipinski definition) is 0. The first-order valence-corrected chi connectivity index (χ1v) is 4.45. The molecule has 0 aromatic heterocycles. The molecular formula is C11H20. The van der Waals surface area contributed by atoms with Gasteiger partial charge in [0.2, 0.25) is 0 Å². The molecule has 0 rings (SSSR count). The van der Waals surface area contributed by atoms with Crippen LogP contribution in [0, 0.1) is 5.92 Å². The van der Waals surface area contributed by atoms with Crippen molar-refractivity contribution in [3.05, 3.63) is 24.3 Å². The molecule has 0 nitrogen and oxygen atoms in total. The van der Waals surface area contributed by atoms with E-state index in [-0.39, 0.29) is 0 Å². The second kappa shape index (κ2) is 6.21. The quantitative estimate of drug-likeness (QED) is 0.413. The molecule has 0 N–H and O–H groups in total. The minimum atomic E-state index is 0.841. The SMILES string of the molecule is C=C(C)C=CCCCC(C)C. The van der Waals surface area contributed by atoms with Crippen LogP contribution in [0.5, 0.6) is 0 Å². The Labute approximate surface area is 71.0 Å². The fourth-order valence-electron chi connectivity index (χ4n) is 0.928. The van der Waals surface area contributed by atoms with Crippen molar-refractivity contribution in [3.8, 4) is 0 Å². The van der Waals surface area contributed by atoms with Crippen LogP contribution in [0.3, 0.4) is 0 Å². The summed E-state index contributed by atoms with van der Waals surface area (Å²) in [6.07, 6.45) is 8.15. The third-order valence-electron chi connectivity index (χ3n) is 1.55. The summed E-state index contributed by atoms with van der Waals surface area (Å²) in [5.41, 5.74) is 1.15. The van der Waals surface area contributed by atoms with Crippen molar-refractivity contribution < 1.29 is 0 Å². The molecule has 0 unspecified atom stereocenters. The van der Waals surface area contributed by atoms with Gasteiger partial charge in [-0.2, -0.15) is 0 Å². The van der Waals surface area contributed by atoms with Gasteiger partial charge in [0.1, 0.15) is 0 Å². The van der Waals surface area contributed by atoms with Crippen LogP contribution >= 0.6 is 0 Å². The second-order valence-electron chi connectivity index (χ2n) is 3.57. The second-order valence-corrected chi connectivity index (χ2v) is 3.57. The number of rotatable bonds is 5. The van der Waals surface area contributed by atoms with Gasteiger partial charge in [-0.15, -0.1) is 0 Å². The van der Waals surface area contributed by atoms with Crippen LogP contribution in [0.15, 0.2) is 24.3 Å². The van der Waals surface area contributed by atoms with E-state index in [9.17, 15) is 0 Å². The fourth-order valence-corrected chi connectivity index (χ4v) is 0.928. The first kappa shape index (κ1) is 10.5. The molecule has 0 aliphatic heterocycles. The zero-order valence-corrected chi connectivity index (χ0v) is 8.06.